The molecule has 2 aromatic rings. The van der Waals surface area contributed by atoms with Crippen LogP contribution in [0.4, 0.5) is 5.82 Å². The van der Waals surface area contributed by atoms with Crippen LogP contribution < -0.4 is 5.73 Å². The smallest absolute Gasteiger partial charge is 0.330 e. The molecule has 19 heavy (non-hydrogen) atoms. The van der Waals surface area contributed by atoms with Gasteiger partial charge in [-0.15, -0.1) is 0 Å². The summed E-state index contributed by atoms with van der Waals surface area (Å²) in [7, 11) is 0. The van der Waals surface area contributed by atoms with Crippen molar-refractivity contribution in [2.24, 2.45) is 5.92 Å². The molecule has 0 saturated heterocycles. The van der Waals surface area contributed by atoms with Crippen LogP contribution in [0.2, 0.25) is 0 Å². The maximum atomic E-state index is 11.8. The number of anilines is 1. The summed E-state index contributed by atoms with van der Waals surface area (Å²) in [5.74, 6) is -0.198. The Morgan fingerprint density at radius 1 is 1.53 bits per heavy atom. The van der Waals surface area contributed by atoms with E-state index >= 15 is 0 Å². The number of hydrogen-bond donors (Lipinski definition) is 2. The van der Waals surface area contributed by atoms with Gasteiger partial charge in [0, 0.05) is 0 Å². The zero-order valence-electron chi connectivity index (χ0n) is 10.6. The lowest BCUT2D eigenvalue weighted by Crippen LogP contribution is -2.39. The number of carboxylic acid groups (broad SMARTS) is 1. The number of aliphatic carboxylic acids is 1. The van der Waals surface area contributed by atoms with Gasteiger partial charge < -0.3 is 10.8 Å². The maximum absolute atomic E-state index is 11.8. The number of hydrogen-bond acceptors (Lipinski definition) is 5. The average Bonchev–Trinajstić information content (AvgIpc) is 2.94. The number of carbonyl (C=O) groups is 1. The summed E-state index contributed by atoms with van der Waals surface area (Å²) < 4.78 is 1.65. The molecular formula is C12H15N5O2. The molecule has 3 rings (SSSR count). The molecule has 0 aliphatic heterocycles. The highest BCUT2D eigenvalue weighted by Crippen LogP contribution is 2.41. The summed E-state index contributed by atoms with van der Waals surface area (Å²) in [5.41, 5.74) is 5.73. The predicted molar refractivity (Wildman–Crippen MR) is 68.4 cm³/mol. The molecule has 7 heteroatoms. The first-order valence-corrected chi connectivity index (χ1v) is 6.22. The largest absolute Gasteiger partial charge is 0.479 e. The maximum Gasteiger partial charge on any atom is 0.330 e. The molecule has 3 N–H and O–H groups in total. The standard InChI is InChI=1S/C12H15N5O2/c1-7-2-3-12(4-7,11(18)19)17-6-16-8-9(13)14-5-15-10(8)17/h5-7H,2-4H2,1H3,(H,18,19)(H2,13,14,15)/t7-,12+/m1/s1. The number of nitrogens with zero attached hydrogens (tertiary/aromatic N) is 4. The molecule has 2 heterocycles. The van der Waals surface area contributed by atoms with Gasteiger partial charge in [0.05, 0.1) is 6.33 Å². The fourth-order valence-corrected chi connectivity index (χ4v) is 2.95. The first kappa shape index (κ1) is 11.9. The summed E-state index contributed by atoms with van der Waals surface area (Å²) in [5, 5.41) is 9.66. The number of aromatic nitrogens is 4. The third kappa shape index (κ3) is 1.57. The van der Waals surface area contributed by atoms with Crippen molar-refractivity contribution in [1.29, 1.82) is 0 Å². The van der Waals surface area contributed by atoms with Gasteiger partial charge in [0.1, 0.15) is 17.4 Å². The average molecular weight is 261 g/mol. The van der Waals surface area contributed by atoms with Gasteiger partial charge in [-0.05, 0) is 25.2 Å². The first-order valence-electron chi connectivity index (χ1n) is 6.22. The van der Waals surface area contributed by atoms with Crippen LogP contribution >= 0.6 is 0 Å². The molecule has 0 radical (unpaired) electrons. The van der Waals surface area contributed by atoms with Crippen molar-refractivity contribution in [2.75, 3.05) is 5.73 Å². The number of nitrogens with two attached hydrogens (primary N) is 1. The van der Waals surface area contributed by atoms with Crippen molar-refractivity contribution in [1.82, 2.24) is 19.5 Å². The van der Waals surface area contributed by atoms with Crippen LogP contribution in [-0.2, 0) is 10.3 Å². The molecule has 0 unspecified atom stereocenters. The number of rotatable bonds is 2. The number of imidazole rings is 1. The molecule has 0 amide bonds. The van der Waals surface area contributed by atoms with E-state index in [1.807, 2.05) is 0 Å². The van der Waals surface area contributed by atoms with Crippen LogP contribution in [0.15, 0.2) is 12.7 Å². The van der Waals surface area contributed by atoms with Gasteiger partial charge >= 0.3 is 5.97 Å². The normalized spacial score (nSPS) is 26.9. The monoisotopic (exact) mass is 261 g/mol. The molecule has 2 atom stereocenters. The fourth-order valence-electron chi connectivity index (χ4n) is 2.95. The second-order valence-corrected chi connectivity index (χ2v) is 5.23. The van der Waals surface area contributed by atoms with E-state index in [1.165, 1.54) is 12.7 Å². The summed E-state index contributed by atoms with van der Waals surface area (Å²) in [6.07, 6.45) is 4.90. The molecule has 1 saturated carbocycles. The van der Waals surface area contributed by atoms with Crippen LogP contribution in [0.25, 0.3) is 11.2 Å². The van der Waals surface area contributed by atoms with E-state index in [0.717, 1.165) is 6.42 Å². The Hall–Kier alpha value is -2.18. The Balaban J connectivity index is 2.22. The van der Waals surface area contributed by atoms with E-state index in [9.17, 15) is 9.90 Å². The van der Waals surface area contributed by atoms with Crippen molar-refractivity contribution in [3.8, 4) is 0 Å². The Morgan fingerprint density at radius 3 is 2.95 bits per heavy atom. The van der Waals surface area contributed by atoms with Crippen LogP contribution in [0.1, 0.15) is 26.2 Å². The van der Waals surface area contributed by atoms with E-state index in [1.54, 1.807) is 4.57 Å². The Morgan fingerprint density at radius 2 is 2.32 bits per heavy atom. The lowest BCUT2D eigenvalue weighted by Gasteiger charge is -2.26. The van der Waals surface area contributed by atoms with Crippen molar-refractivity contribution in [2.45, 2.75) is 31.7 Å². The van der Waals surface area contributed by atoms with Gasteiger partial charge in [-0.1, -0.05) is 6.92 Å². The summed E-state index contributed by atoms with van der Waals surface area (Å²) in [6.45, 7) is 2.06. The quantitative estimate of drug-likeness (QED) is 0.835. The zero-order valence-corrected chi connectivity index (χ0v) is 10.6. The third-order valence-corrected chi connectivity index (χ3v) is 3.96. The third-order valence-electron chi connectivity index (χ3n) is 3.96. The lowest BCUT2D eigenvalue weighted by atomic mass is 9.96. The lowest BCUT2D eigenvalue weighted by molar-refractivity contribution is -0.147. The van der Waals surface area contributed by atoms with Crippen molar-refractivity contribution < 1.29 is 9.90 Å². The van der Waals surface area contributed by atoms with Crippen molar-refractivity contribution in [3.05, 3.63) is 12.7 Å². The Bertz CT molecular complexity index is 653. The SMILES string of the molecule is C[C@@H]1CC[C@](C(=O)O)(n2cnc3c(N)ncnc32)C1. The molecule has 100 valence electrons. The highest BCUT2D eigenvalue weighted by molar-refractivity contribution is 5.85. The second-order valence-electron chi connectivity index (χ2n) is 5.23. The van der Waals surface area contributed by atoms with Gasteiger partial charge in [-0.2, -0.15) is 0 Å². The number of carboxylic acids is 1. The molecule has 1 aliphatic carbocycles. The van der Waals surface area contributed by atoms with Gasteiger partial charge in [0.2, 0.25) is 0 Å². The minimum atomic E-state index is -0.963. The van der Waals surface area contributed by atoms with E-state index in [4.69, 9.17) is 5.73 Å². The van der Waals surface area contributed by atoms with Crippen molar-refractivity contribution in [3.63, 3.8) is 0 Å². The van der Waals surface area contributed by atoms with Gasteiger partial charge in [0.25, 0.3) is 0 Å². The molecule has 0 aromatic carbocycles. The van der Waals surface area contributed by atoms with E-state index in [0.29, 0.717) is 29.9 Å². The van der Waals surface area contributed by atoms with Gasteiger partial charge in [0.15, 0.2) is 11.5 Å². The van der Waals surface area contributed by atoms with E-state index < -0.39 is 11.5 Å². The van der Waals surface area contributed by atoms with E-state index in [2.05, 4.69) is 21.9 Å². The van der Waals surface area contributed by atoms with Crippen LogP contribution in [0.5, 0.6) is 0 Å². The van der Waals surface area contributed by atoms with Crippen LogP contribution in [0.3, 0.4) is 0 Å². The number of nitrogen functional groups attached to an aromatic ring is 1. The second kappa shape index (κ2) is 3.91. The topological polar surface area (TPSA) is 107 Å². The summed E-state index contributed by atoms with van der Waals surface area (Å²) in [6, 6.07) is 0. The minimum Gasteiger partial charge on any atom is -0.479 e. The molecule has 7 nitrogen and oxygen atoms in total. The summed E-state index contributed by atoms with van der Waals surface area (Å²) in [4.78, 5) is 24.0. The zero-order chi connectivity index (χ0) is 13.6. The molecule has 2 aromatic heterocycles. The minimum absolute atomic E-state index is 0.273. The molecule has 1 fully saturated rings. The van der Waals surface area contributed by atoms with Crippen LogP contribution in [0, 0.1) is 5.92 Å². The highest BCUT2D eigenvalue weighted by Gasteiger charge is 2.46. The first-order chi connectivity index (χ1) is 9.04. The Kier molecular flexibility index (Phi) is 2.44. The molecule has 0 spiro atoms. The van der Waals surface area contributed by atoms with Gasteiger partial charge in [-0.25, -0.2) is 19.7 Å². The number of fused-ring (bicyclic) bond motifs is 1. The van der Waals surface area contributed by atoms with Crippen molar-refractivity contribution >= 4 is 23.0 Å². The molecular weight excluding hydrogens is 246 g/mol. The van der Waals surface area contributed by atoms with Crippen LogP contribution in [-0.4, -0.2) is 30.6 Å². The van der Waals surface area contributed by atoms with Gasteiger partial charge in [-0.3, -0.25) is 4.57 Å². The molecule has 0 bridgehead atoms. The van der Waals surface area contributed by atoms with E-state index in [-0.39, 0.29) is 5.82 Å². The molecule has 1 aliphatic rings. The summed E-state index contributed by atoms with van der Waals surface area (Å²) >= 11 is 0. The Labute approximate surface area is 109 Å². The highest BCUT2D eigenvalue weighted by atomic mass is 16.4. The fraction of sp³-hybridized carbons (Fsp3) is 0.500. The predicted octanol–water partition coefficient (Wildman–Crippen LogP) is 1.01.